The summed E-state index contributed by atoms with van der Waals surface area (Å²) in [4.78, 5) is 27.2. The lowest BCUT2D eigenvalue weighted by Crippen LogP contribution is -2.40. The van der Waals surface area contributed by atoms with Crippen LogP contribution in [0.25, 0.3) is 0 Å². The number of aromatic nitrogens is 2. The molecule has 0 aliphatic carbocycles. The zero-order chi connectivity index (χ0) is 15.6. The summed E-state index contributed by atoms with van der Waals surface area (Å²) in [6.45, 7) is 5.69. The molecule has 5 nitrogen and oxygen atoms in total. The molecule has 0 amide bonds. The Kier molecular flexibility index (Phi) is 4.21. The Balaban J connectivity index is 2.33. The van der Waals surface area contributed by atoms with Gasteiger partial charge in [-0.2, -0.15) is 4.57 Å². The number of esters is 1. The van der Waals surface area contributed by atoms with Crippen LogP contribution in [0.4, 0.5) is 0 Å². The van der Waals surface area contributed by atoms with Gasteiger partial charge in [0.15, 0.2) is 11.9 Å². The van der Waals surface area contributed by atoms with Gasteiger partial charge in [-0.3, -0.25) is 4.79 Å². The van der Waals surface area contributed by atoms with Gasteiger partial charge >= 0.3 is 5.97 Å². The number of H-pyrrole nitrogens is 1. The summed E-state index contributed by atoms with van der Waals surface area (Å²) in [5.41, 5.74) is 3.19. The topological polar surface area (TPSA) is 63.0 Å². The van der Waals surface area contributed by atoms with Crippen LogP contribution in [0, 0.1) is 20.8 Å². The van der Waals surface area contributed by atoms with E-state index in [4.69, 9.17) is 4.74 Å². The molecule has 0 atom stereocenters. The van der Waals surface area contributed by atoms with Crippen LogP contribution in [0.15, 0.2) is 24.4 Å². The highest BCUT2D eigenvalue weighted by Gasteiger charge is 2.24. The fourth-order valence-corrected chi connectivity index (χ4v) is 2.41. The Morgan fingerprint density at radius 1 is 1.24 bits per heavy atom. The first-order valence-electron chi connectivity index (χ1n) is 6.71. The first kappa shape index (κ1) is 15.0. The fourth-order valence-electron chi connectivity index (χ4n) is 2.41. The molecule has 0 bridgehead atoms. The van der Waals surface area contributed by atoms with E-state index in [1.807, 2.05) is 35.9 Å². The third-order valence-corrected chi connectivity index (χ3v) is 3.59. The maximum atomic E-state index is 12.5. The van der Waals surface area contributed by atoms with Crippen LogP contribution in [-0.2, 0) is 11.3 Å². The molecule has 0 aromatic carbocycles. The molecule has 0 saturated heterocycles. The third kappa shape index (κ3) is 2.86. The van der Waals surface area contributed by atoms with Crippen molar-refractivity contribution < 1.29 is 18.9 Å². The van der Waals surface area contributed by atoms with E-state index in [2.05, 4.69) is 4.98 Å². The monoisotopic (exact) mass is 287 g/mol. The summed E-state index contributed by atoms with van der Waals surface area (Å²) >= 11 is 0. The predicted molar refractivity (Wildman–Crippen MR) is 77.3 cm³/mol. The average Bonchev–Trinajstić information content (AvgIpc) is 2.76. The molecule has 1 N–H and O–H groups in total. The molecule has 0 radical (unpaired) electrons. The Hall–Kier alpha value is -2.43. The number of hydrogen-bond acceptors (Lipinski definition) is 3. The van der Waals surface area contributed by atoms with Crippen molar-refractivity contribution in [2.24, 2.45) is 0 Å². The van der Waals surface area contributed by atoms with Gasteiger partial charge in [0.2, 0.25) is 12.3 Å². The third-order valence-electron chi connectivity index (χ3n) is 3.59. The number of pyridine rings is 1. The minimum absolute atomic E-state index is 0.0648. The average molecular weight is 287 g/mol. The smallest absolute Gasteiger partial charge is 0.339 e. The summed E-state index contributed by atoms with van der Waals surface area (Å²) < 4.78 is 6.62. The number of rotatable bonds is 4. The molecule has 5 heteroatoms. The molecule has 21 heavy (non-hydrogen) atoms. The van der Waals surface area contributed by atoms with Gasteiger partial charge in [0.1, 0.15) is 0 Å². The van der Waals surface area contributed by atoms with Crippen molar-refractivity contribution in [1.29, 1.82) is 0 Å². The normalized spacial score (nSPS) is 10.5. The zero-order valence-corrected chi connectivity index (χ0v) is 12.7. The number of methoxy groups -OCH3 is 1. The Morgan fingerprint density at radius 2 is 1.95 bits per heavy atom. The number of carbonyl (C=O) groups is 2. The molecule has 2 rings (SSSR count). The van der Waals surface area contributed by atoms with Crippen molar-refractivity contribution in [1.82, 2.24) is 4.98 Å². The van der Waals surface area contributed by atoms with Crippen molar-refractivity contribution in [2.75, 3.05) is 7.11 Å². The number of Topliss-reactive ketones (excluding diaryl/α,β-unsaturated/α-hetero) is 1. The van der Waals surface area contributed by atoms with Crippen LogP contribution in [-0.4, -0.2) is 23.8 Å². The second-order valence-corrected chi connectivity index (χ2v) is 5.01. The summed E-state index contributed by atoms with van der Waals surface area (Å²) in [5, 5.41) is 0. The number of nitrogens with zero attached hydrogens (tertiary/aromatic N) is 1. The fraction of sp³-hybridized carbons (Fsp3) is 0.312. The van der Waals surface area contributed by atoms with E-state index in [-0.39, 0.29) is 12.3 Å². The van der Waals surface area contributed by atoms with Crippen LogP contribution in [0.5, 0.6) is 0 Å². The summed E-state index contributed by atoms with van der Waals surface area (Å²) in [6.07, 6.45) is 1.86. The van der Waals surface area contributed by atoms with E-state index in [1.54, 1.807) is 13.8 Å². The summed E-state index contributed by atoms with van der Waals surface area (Å²) in [5.74, 6) is -0.492. The van der Waals surface area contributed by atoms with Crippen molar-refractivity contribution >= 4 is 11.8 Å². The van der Waals surface area contributed by atoms with Crippen molar-refractivity contribution in [3.63, 3.8) is 0 Å². The van der Waals surface area contributed by atoms with Crippen molar-refractivity contribution in [3.05, 3.63) is 52.6 Å². The van der Waals surface area contributed by atoms with Gasteiger partial charge < -0.3 is 9.72 Å². The Morgan fingerprint density at radius 3 is 2.57 bits per heavy atom. The van der Waals surface area contributed by atoms with Crippen molar-refractivity contribution in [2.45, 2.75) is 27.3 Å². The second kappa shape index (κ2) is 5.91. The van der Waals surface area contributed by atoms with Gasteiger partial charge in [-0.15, -0.1) is 0 Å². The highest BCUT2D eigenvalue weighted by atomic mass is 16.5. The van der Waals surface area contributed by atoms with E-state index in [0.717, 1.165) is 5.69 Å². The number of carbonyl (C=O) groups excluding carboxylic acids is 2. The standard InChI is InChI=1S/C16H18N2O3/c1-10-7-5-6-8-18(10)9-13(19)15-11(2)14(12(3)17-15)16(20)21-4/h5-8H,9H2,1-4H3/p+1. The first-order valence-corrected chi connectivity index (χ1v) is 6.71. The molecule has 0 aliphatic heterocycles. The zero-order valence-electron chi connectivity index (χ0n) is 12.7. The molecule has 0 saturated carbocycles. The summed E-state index contributed by atoms with van der Waals surface area (Å²) in [7, 11) is 1.33. The predicted octanol–water partition coefficient (Wildman–Crippen LogP) is 1.90. The SMILES string of the molecule is COC(=O)c1c(C)[nH]c(C(=O)C[n+]2ccccc2C)c1C. The largest absolute Gasteiger partial charge is 0.465 e. The molecule has 2 aromatic rings. The van der Waals surface area contributed by atoms with Crippen LogP contribution in [0.1, 0.15) is 37.8 Å². The molecular formula is C16H19N2O3+. The number of nitrogens with one attached hydrogen (secondary N) is 1. The lowest BCUT2D eigenvalue weighted by molar-refractivity contribution is -0.689. The van der Waals surface area contributed by atoms with Gasteiger partial charge in [-0.25, -0.2) is 4.79 Å². The number of ketones is 1. The molecule has 0 aliphatic rings. The second-order valence-electron chi connectivity index (χ2n) is 5.01. The van der Waals surface area contributed by atoms with Gasteiger partial charge in [0, 0.05) is 24.8 Å². The molecule has 0 unspecified atom stereocenters. The number of aromatic amines is 1. The number of hydrogen-bond donors (Lipinski definition) is 1. The van der Waals surface area contributed by atoms with Crippen LogP contribution >= 0.6 is 0 Å². The lowest BCUT2D eigenvalue weighted by atomic mass is 10.1. The first-order chi connectivity index (χ1) is 9.95. The maximum Gasteiger partial charge on any atom is 0.339 e. The number of aryl methyl sites for hydroxylation is 2. The molecule has 0 spiro atoms. The highest BCUT2D eigenvalue weighted by molar-refractivity contribution is 6.00. The molecule has 0 fully saturated rings. The Labute approximate surface area is 123 Å². The molecule has 2 heterocycles. The van der Waals surface area contributed by atoms with Crippen LogP contribution in [0.2, 0.25) is 0 Å². The lowest BCUT2D eigenvalue weighted by Gasteiger charge is -2.01. The minimum atomic E-state index is -0.427. The van der Waals surface area contributed by atoms with Gasteiger partial charge in [-0.05, 0) is 19.4 Å². The van der Waals surface area contributed by atoms with Crippen LogP contribution < -0.4 is 4.57 Å². The Bertz CT molecular complexity index is 702. The van der Waals surface area contributed by atoms with E-state index in [9.17, 15) is 9.59 Å². The van der Waals surface area contributed by atoms with E-state index in [1.165, 1.54) is 7.11 Å². The van der Waals surface area contributed by atoms with Gasteiger partial charge in [0.05, 0.1) is 18.4 Å². The van der Waals surface area contributed by atoms with E-state index < -0.39 is 5.97 Å². The van der Waals surface area contributed by atoms with Gasteiger partial charge in [-0.1, -0.05) is 6.07 Å². The molecular weight excluding hydrogens is 268 g/mol. The van der Waals surface area contributed by atoms with Crippen LogP contribution in [0.3, 0.4) is 0 Å². The van der Waals surface area contributed by atoms with Crippen molar-refractivity contribution in [3.8, 4) is 0 Å². The van der Waals surface area contributed by atoms with E-state index >= 15 is 0 Å². The maximum absolute atomic E-state index is 12.5. The summed E-state index contributed by atoms with van der Waals surface area (Å²) in [6, 6.07) is 5.75. The highest BCUT2D eigenvalue weighted by Crippen LogP contribution is 2.19. The molecule has 2 aromatic heterocycles. The minimum Gasteiger partial charge on any atom is -0.465 e. The number of ether oxygens (including phenoxy) is 1. The quantitative estimate of drug-likeness (QED) is 0.530. The molecule has 110 valence electrons. The van der Waals surface area contributed by atoms with Gasteiger partial charge in [0.25, 0.3) is 0 Å². The van der Waals surface area contributed by atoms with E-state index in [0.29, 0.717) is 22.5 Å².